The van der Waals surface area contributed by atoms with Gasteiger partial charge in [0.25, 0.3) is 0 Å². The lowest BCUT2D eigenvalue weighted by atomic mass is 10.1. The van der Waals surface area contributed by atoms with Crippen molar-refractivity contribution in [1.82, 2.24) is 15.1 Å². The minimum absolute atomic E-state index is 0.0743. The van der Waals surface area contributed by atoms with Gasteiger partial charge in [0.2, 0.25) is 5.91 Å². The summed E-state index contributed by atoms with van der Waals surface area (Å²) in [7, 11) is 3.85. The van der Waals surface area contributed by atoms with Gasteiger partial charge in [-0.3, -0.25) is 9.69 Å². The molecule has 0 bridgehead atoms. The highest BCUT2D eigenvalue weighted by Crippen LogP contribution is 2.26. The van der Waals surface area contributed by atoms with Gasteiger partial charge in [0.15, 0.2) is 0 Å². The van der Waals surface area contributed by atoms with Crippen LogP contribution in [0.4, 0.5) is 0 Å². The molecule has 0 radical (unpaired) electrons. The van der Waals surface area contributed by atoms with Crippen molar-refractivity contribution in [2.24, 2.45) is 0 Å². The second-order valence-corrected chi connectivity index (χ2v) is 6.73. The molecule has 1 fully saturated rings. The molecule has 2 heterocycles. The molecule has 2 aromatic rings. The number of benzene rings is 1. The van der Waals surface area contributed by atoms with Gasteiger partial charge >= 0.3 is 0 Å². The van der Waals surface area contributed by atoms with Crippen molar-refractivity contribution in [3.63, 3.8) is 0 Å². The number of nitrogens with one attached hydrogen (secondary N) is 1. The Balaban J connectivity index is 1.64. The molecule has 1 amide bonds. The number of fused-ring (bicyclic) bond motifs is 1. The third-order valence-corrected chi connectivity index (χ3v) is 5.10. The van der Waals surface area contributed by atoms with E-state index in [0.717, 1.165) is 36.2 Å². The van der Waals surface area contributed by atoms with E-state index in [2.05, 4.69) is 10.2 Å². The maximum atomic E-state index is 12.7. The summed E-state index contributed by atoms with van der Waals surface area (Å²) in [6, 6.07) is 10.4. The van der Waals surface area contributed by atoms with Crippen molar-refractivity contribution < 1.29 is 9.21 Å². The largest absolute Gasteiger partial charge is 0.459 e. The zero-order chi connectivity index (χ0) is 17.1. The monoisotopic (exact) mass is 329 g/mol. The molecule has 5 heteroatoms. The first kappa shape index (κ1) is 17.0. The molecule has 0 saturated carbocycles. The van der Waals surface area contributed by atoms with E-state index in [1.165, 1.54) is 6.42 Å². The lowest BCUT2D eigenvalue weighted by molar-refractivity contribution is -0.133. The molecule has 0 spiro atoms. The number of furan rings is 1. The number of likely N-dealkylation sites (N-methyl/N-ethyl adjacent to an activating group) is 2. The van der Waals surface area contributed by atoms with E-state index in [0.29, 0.717) is 12.6 Å². The Morgan fingerprint density at radius 1 is 1.46 bits per heavy atom. The first-order chi connectivity index (χ1) is 11.6. The van der Waals surface area contributed by atoms with Crippen LogP contribution in [0.1, 0.15) is 31.6 Å². The Kier molecular flexibility index (Phi) is 5.21. The van der Waals surface area contributed by atoms with Crippen LogP contribution < -0.4 is 5.32 Å². The Morgan fingerprint density at radius 2 is 2.25 bits per heavy atom. The quantitative estimate of drug-likeness (QED) is 0.916. The van der Waals surface area contributed by atoms with Gasteiger partial charge in [0.05, 0.1) is 12.6 Å². The molecule has 1 N–H and O–H groups in total. The average Bonchev–Trinajstić information content (AvgIpc) is 3.04. The van der Waals surface area contributed by atoms with E-state index in [9.17, 15) is 4.79 Å². The van der Waals surface area contributed by atoms with Crippen molar-refractivity contribution in [2.75, 3.05) is 33.7 Å². The first-order valence-electron chi connectivity index (χ1n) is 8.72. The van der Waals surface area contributed by atoms with Crippen LogP contribution in [0.3, 0.4) is 0 Å². The molecular weight excluding hydrogens is 302 g/mol. The number of carbonyl (C=O) groups excluding carboxylic acids is 1. The van der Waals surface area contributed by atoms with Crippen LogP contribution in [-0.4, -0.2) is 55.5 Å². The molecule has 2 unspecified atom stereocenters. The molecule has 5 nitrogen and oxygen atoms in total. The molecule has 1 aliphatic heterocycles. The van der Waals surface area contributed by atoms with E-state index in [1.54, 1.807) is 4.90 Å². The molecule has 1 aliphatic rings. The molecule has 1 aromatic carbocycles. The summed E-state index contributed by atoms with van der Waals surface area (Å²) in [6.07, 6.45) is 2.33. The summed E-state index contributed by atoms with van der Waals surface area (Å²) in [5, 5.41) is 4.40. The normalized spacial score (nSPS) is 20.2. The Labute approximate surface area is 143 Å². The van der Waals surface area contributed by atoms with Crippen molar-refractivity contribution in [1.29, 1.82) is 0 Å². The predicted octanol–water partition coefficient (Wildman–Crippen LogP) is 2.64. The second kappa shape index (κ2) is 7.36. The summed E-state index contributed by atoms with van der Waals surface area (Å²) >= 11 is 0. The minimum atomic E-state index is -0.0743. The highest BCUT2D eigenvalue weighted by Gasteiger charge is 2.25. The number of carbonyl (C=O) groups is 1. The van der Waals surface area contributed by atoms with E-state index >= 15 is 0 Å². The van der Waals surface area contributed by atoms with Crippen molar-refractivity contribution in [3.8, 4) is 0 Å². The number of hydrogen-bond acceptors (Lipinski definition) is 4. The highest BCUT2D eigenvalue weighted by atomic mass is 16.3. The number of hydrogen-bond donors (Lipinski definition) is 1. The van der Waals surface area contributed by atoms with Crippen LogP contribution in [0.5, 0.6) is 0 Å². The summed E-state index contributed by atoms with van der Waals surface area (Å²) < 4.78 is 5.91. The van der Waals surface area contributed by atoms with Gasteiger partial charge in [0, 0.05) is 25.0 Å². The molecule has 1 aromatic heterocycles. The molecule has 24 heavy (non-hydrogen) atoms. The summed E-state index contributed by atoms with van der Waals surface area (Å²) in [5.74, 6) is 0.971. The molecular formula is C19H27N3O2. The second-order valence-electron chi connectivity index (χ2n) is 6.73. The van der Waals surface area contributed by atoms with E-state index in [-0.39, 0.29) is 11.9 Å². The third kappa shape index (κ3) is 3.62. The van der Waals surface area contributed by atoms with Crippen LogP contribution in [0.15, 0.2) is 34.7 Å². The average molecular weight is 329 g/mol. The van der Waals surface area contributed by atoms with Crippen molar-refractivity contribution in [3.05, 3.63) is 36.1 Å². The Bertz CT molecular complexity index is 664. The molecule has 3 rings (SSSR count). The fourth-order valence-corrected chi connectivity index (χ4v) is 3.35. The Morgan fingerprint density at radius 3 is 3.00 bits per heavy atom. The molecule has 0 aliphatic carbocycles. The van der Waals surface area contributed by atoms with Crippen LogP contribution in [0, 0.1) is 0 Å². The zero-order valence-electron chi connectivity index (χ0n) is 14.8. The molecule has 1 saturated heterocycles. The van der Waals surface area contributed by atoms with Crippen LogP contribution >= 0.6 is 0 Å². The smallest absolute Gasteiger partial charge is 0.237 e. The zero-order valence-corrected chi connectivity index (χ0v) is 14.8. The van der Waals surface area contributed by atoms with E-state index in [4.69, 9.17) is 4.42 Å². The van der Waals surface area contributed by atoms with Crippen molar-refractivity contribution in [2.45, 2.75) is 31.8 Å². The fourth-order valence-electron chi connectivity index (χ4n) is 3.35. The minimum Gasteiger partial charge on any atom is -0.459 e. The summed E-state index contributed by atoms with van der Waals surface area (Å²) in [5.41, 5.74) is 0.869. The fraction of sp³-hybridized carbons (Fsp3) is 0.526. The van der Waals surface area contributed by atoms with Gasteiger partial charge in [-0.2, -0.15) is 0 Å². The van der Waals surface area contributed by atoms with Crippen LogP contribution in [0.25, 0.3) is 11.0 Å². The predicted molar refractivity (Wildman–Crippen MR) is 95.9 cm³/mol. The number of para-hydroxylation sites is 1. The van der Waals surface area contributed by atoms with Gasteiger partial charge in [0.1, 0.15) is 11.3 Å². The van der Waals surface area contributed by atoms with Crippen LogP contribution in [-0.2, 0) is 4.79 Å². The topological polar surface area (TPSA) is 48.7 Å². The number of likely N-dealkylation sites (tertiary alicyclic amines) is 1. The lowest BCUT2D eigenvalue weighted by Crippen LogP contribution is -2.48. The number of rotatable bonds is 5. The lowest BCUT2D eigenvalue weighted by Gasteiger charge is -2.33. The van der Waals surface area contributed by atoms with Crippen molar-refractivity contribution >= 4 is 16.9 Å². The highest BCUT2D eigenvalue weighted by molar-refractivity contribution is 5.80. The maximum absolute atomic E-state index is 12.7. The molecule has 2 atom stereocenters. The third-order valence-electron chi connectivity index (χ3n) is 5.10. The standard InChI is InChI=1S/C19H27N3O2/c1-14(18-11-15-7-4-5-9-17(15)24-18)21(3)19(23)13-22-10-6-8-16(12-22)20-2/h4-5,7,9,11,14,16,20H,6,8,10,12-13H2,1-3H3. The van der Waals surface area contributed by atoms with E-state index in [1.807, 2.05) is 51.4 Å². The van der Waals surface area contributed by atoms with Gasteiger partial charge in [-0.05, 0) is 45.5 Å². The van der Waals surface area contributed by atoms with E-state index < -0.39 is 0 Å². The summed E-state index contributed by atoms with van der Waals surface area (Å²) in [6.45, 7) is 4.42. The Hall–Kier alpha value is -1.85. The van der Waals surface area contributed by atoms with Gasteiger partial charge < -0.3 is 14.6 Å². The SMILES string of the molecule is CNC1CCCN(CC(=O)N(C)C(C)c2cc3ccccc3o2)C1. The summed E-state index contributed by atoms with van der Waals surface area (Å²) in [4.78, 5) is 16.7. The van der Waals surface area contributed by atoms with Gasteiger partial charge in [-0.1, -0.05) is 18.2 Å². The van der Waals surface area contributed by atoms with Gasteiger partial charge in [-0.15, -0.1) is 0 Å². The first-order valence-corrected chi connectivity index (χ1v) is 8.72. The molecule has 130 valence electrons. The maximum Gasteiger partial charge on any atom is 0.237 e. The number of nitrogens with zero attached hydrogens (tertiary/aromatic N) is 2. The number of piperidine rings is 1. The van der Waals surface area contributed by atoms with Crippen LogP contribution in [0.2, 0.25) is 0 Å². The van der Waals surface area contributed by atoms with Gasteiger partial charge in [-0.25, -0.2) is 0 Å². The number of amides is 1.